The van der Waals surface area contributed by atoms with Crippen LogP contribution in [0.5, 0.6) is 0 Å². The van der Waals surface area contributed by atoms with Crippen molar-refractivity contribution < 1.29 is 0 Å². The van der Waals surface area contributed by atoms with Gasteiger partial charge in [0.05, 0.1) is 0 Å². The maximum absolute atomic E-state index is 2.40. The van der Waals surface area contributed by atoms with Crippen molar-refractivity contribution in [1.29, 1.82) is 0 Å². The average molecular weight is 136 g/mol. The maximum atomic E-state index is 2.40. The summed E-state index contributed by atoms with van der Waals surface area (Å²) < 4.78 is 0. The summed E-state index contributed by atoms with van der Waals surface area (Å²) in [7, 11) is 0. The minimum absolute atomic E-state index is 0.920. The van der Waals surface area contributed by atoms with Crippen LogP contribution in [0.25, 0.3) is 0 Å². The van der Waals surface area contributed by atoms with Gasteiger partial charge < -0.3 is 0 Å². The van der Waals surface area contributed by atoms with Crippen LogP contribution in [0.4, 0.5) is 0 Å². The summed E-state index contributed by atoms with van der Waals surface area (Å²) in [4.78, 5) is 0. The lowest BCUT2D eigenvalue weighted by Gasteiger charge is -2.19. The average Bonchev–Trinajstić information content (AvgIpc) is 2.81. The largest absolute Gasteiger partial charge is 0.0648 e. The zero-order chi connectivity index (χ0) is 6.77. The Bertz CT molecular complexity index is 173. The number of rotatable bonds is 1. The van der Waals surface area contributed by atoms with E-state index in [-0.39, 0.29) is 0 Å². The van der Waals surface area contributed by atoms with Gasteiger partial charge in [0, 0.05) is 0 Å². The monoisotopic (exact) mass is 136 g/mol. The first-order valence-corrected chi connectivity index (χ1v) is 4.87. The second-order valence-corrected chi connectivity index (χ2v) is 4.67. The van der Waals surface area contributed by atoms with Crippen molar-refractivity contribution >= 4 is 0 Å². The Hall–Kier alpha value is 0. The zero-order valence-electron chi connectivity index (χ0n) is 6.77. The van der Waals surface area contributed by atoms with E-state index < -0.39 is 0 Å². The van der Waals surface area contributed by atoms with E-state index >= 15 is 0 Å². The van der Waals surface area contributed by atoms with Gasteiger partial charge in [-0.25, -0.2) is 0 Å². The third kappa shape index (κ3) is 0.466. The Morgan fingerprint density at radius 2 is 2.30 bits per heavy atom. The highest BCUT2D eigenvalue weighted by atomic mass is 14.7. The minimum Gasteiger partial charge on any atom is -0.0648 e. The second kappa shape index (κ2) is 1.44. The fourth-order valence-corrected chi connectivity index (χ4v) is 3.62. The van der Waals surface area contributed by atoms with Crippen LogP contribution in [-0.2, 0) is 0 Å². The molecule has 3 rings (SSSR count). The highest BCUT2D eigenvalue weighted by Crippen LogP contribution is 2.75. The van der Waals surface area contributed by atoms with Gasteiger partial charge in [-0.15, -0.1) is 0 Å². The molecule has 56 valence electrons. The molecule has 0 aromatic carbocycles. The quantitative estimate of drug-likeness (QED) is 0.520. The molecule has 0 nitrogen and oxygen atoms in total. The number of fused-ring (bicyclic) bond motifs is 3. The molecule has 3 aliphatic carbocycles. The SMILES string of the molecule is CCC12CC1CC[C@@H]1CC12. The summed E-state index contributed by atoms with van der Waals surface area (Å²) in [5.74, 6) is 3.58. The normalized spacial score (nSPS) is 62.7. The third-order valence-corrected chi connectivity index (χ3v) is 4.48. The predicted octanol–water partition coefficient (Wildman–Crippen LogP) is 2.83. The van der Waals surface area contributed by atoms with Gasteiger partial charge in [-0.05, 0) is 55.3 Å². The lowest BCUT2D eigenvalue weighted by Crippen LogP contribution is -2.11. The van der Waals surface area contributed by atoms with Crippen LogP contribution in [-0.4, -0.2) is 0 Å². The molecule has 0 aliphatic heterocycles. The summed E-state index contributed by atoms with van der Waals surface area (Å²) in [6, 6.07) is 0. The van der Waals surface area contributed by atoms with Crippen molar-refractivity contribution in [2.24, 2.45) is 23.2 Å². The van der Waals surface area contributed by atoms with Crippen LogP contribution in [0.3, 0.4) is 0 Å². The van der Waals surface area contributed by atoms with Gasteiger partial charge in [0.15, 0.2) is 0 Å². The summed E-state index contributed by atoms with van der Waals surface area (Å²) in [5.41, 5.74) is 0.920. The van der Waals surface area contributed by atoms with Crippen LogP contribution in [0.15, 0.2) is 0 Å². The van der Waals surface area contributed by atoms with Gasteiger partial charge in [-0.1, -0.05) is 6.92 Å². The van der Waals surface area contributed by atoms with Crippen LogP contribution >= 0.6 is 0 Å². The Morgan fingerprint density at radius 3 is 3.00 bits per heavy atom. The minimum atomic E-state index is 0.920. The van der Waals surface area contributed by atoms with E-state index in [1.165, 1.54) is 24.2 Å². The Morgan fingerprint density at radius 1 is 1.40 bits per heavy atom. The van der Waals surface area contributed by atoms with Gasteiger partial charge in [0.2, 0.25) is 0 Å². The Kier molecular flexibility index (Phi) is 0.810. The van der Waals surface area contributed by atoms with Crippen molar-refractivity contribution in [2.45, 2.75) is 39.0 Å². The first kappa shape index (κ1) is 5.62. The number of hydrogen-bond acceptors (Lipinski definition) is 0. The van der Waals surface area contributed by atoms with E-state index in [9.17, 15) is 0 Å². The molecule has 0 aromatic rings. The summed E-state index contributed by atoms with van der Waals surface area (Å²) in [6.45, 7) is 2.40. The van der Waals surface area contributed by atoms with Gasteiger partial charge >= 0.3 is 0 Å². The highest BCUT2D eigenvalue weighted by Gasteiger charge is 2.66. The number of hydrogen-bond donors (Lipinski definition) is 0. The van der Waals surface area contributed by atoms with Gasteiger partial charge in [-0.3, -0.25) is 0 Å². The van der Waals surface area contributed by atoms with Crippen molar-refractivity contribution in [3.05, 3.63) is 0 Å². The fourth-order valence-electron chi connectivity index (χ4n) is 3.62. The van der Waals surface area contributed by atoms with Crippen molar-refractivity contribution in [3.8, 4) is 0 Å². The molecule has 0 bridgehead atoms. The van der Waals surface area contributed by atoms with Crippen LogP contribution in [0, 0.1) is 23.2 Å². The molecule has 0 saturated heterocycles. The van der Waals surface area contributed by atoms with Crippen molar-refractivity contribution in [2.75, 3.05) is 0 Å². The highest BCUT2D eigenvalue weighted by molar-refractivity contribution is 5.15. The third-order valence-electron chi connectivity index (χ3n) is 4.48. The molecule has 4 atom stereocenters. The Labute approximate surface area is 63.0 Å². The molecule has 0 heterocycles. The van der Waals surface area contributed by atoms with E-state index in [4.69, 9.17) is 0 Å². The van der Waals surface area contributed by atoms with Crippen molar-refractivity contribution in [1.82, 2.24) is 0 Å². The lowest BCUT2D eigenvalue weighted by atomic mass is 9.86. The van der Waals surface area contributed by atoms with E-state index in [1.807, 2.05) is 0 Å². The first-order chi connectivity index (χ1) is 4.87. The molecule has 0 spiro atoms. The van der Waals surface area contributed by atoms with Gasteiger partial charge in [-0.2, -0.15) is 0 Å². The van der Waals surface area contributed by atoms with E-state index in [0.717, 1.165) is 5.41 Å². The standard InChI is InChI=1S/C10H16/c1-2-10-6-8(10)4-3-7-5-9(7)10/h7-9H,2-6H2,1H3/t7-,8?,9?,10?/m1/s1. The Balaban J connectivity index is 1.88. The smallest absolute Gasteiger partial charge is 0.0238 e. The van der Waals surface area contributed by atoms with E-state index in [2.05, 4.69) is 6.92 Å². The van der Waals surface area contributed by atoms with Crippen LogP contribution in [0.2, 0.25) is 0 Å². The van der Waals surface area contributed by atoms with Crippen LogP contribution in [0.1, 0.15) is 39.0 Å². The molecular weight excluding hydrogens is 120 g/mol. The maximum Gasteiger partial charge on any atom is -0.0238 e. The van der Waals surface area contributed by atoms with E-state index in [1.54, 1.807) is 25.7 Å². The molecule has 3 fully saturated rings. The zero-order valence-corrected chi connectivity index (χ0v) is 6.77. The molecule has 0 heteroatoms. The predicted molar refractivity (Wildman–Crippen MR) is 41.7 cm³/mol. The molecule has 3 saturated carbocycles. The molecule has 3 unspecified atom stereocenters. The van der Waals surface area contributed by atoms with E-state index in [0.29, 0.717) is 0 Å². The summed E-state index contributed by atoms with van der Waals surface area (Å²) >= 11 is 0. The molecule has 3 aliphatic rings. The summed E-state index contributed by atoms with van der Waals surface area (Å²) in [5, 5.41) is 0. The lowest BCUT2D eigenvalue weighted by molar-refractivity contribution is 0.303. The second-order valence-electron chi connectivity index (χ2n) is 4.67. The fraction of sp³-hybridized carbons (Fsp3) is 1.00. The molecule has 0 radical (unpaired) electrons. The first-order valence-electron chi connectivity index (χ1n) is 4.87. The molecular formula is C10H16. The van der Waals surface area contributed by atoms with Crippen LogP contribution < -0.4 is 0 Å². The topological polar surface area (TPSA) is 0 Å². The molecule has 10 heavy (non-hydrogen) atoms. The molecule has 0 amide bonds. The summed E-state index contributed by atoms with van der Waals surface area (Å²) in [6.07, 6.45) is 7.85. The molecule has 0 aromatic heterocycles. The van der Waals surface area contributed by atoms with Crippen molar-refractivity contribution in [3.63, 3.8) is 0 Å². The molecule has 0 N–H and O–H groups in total. The van der Waals surface area contributed by atoms with Gasteiger partial charge in [0.1, 0.15) is 0 Å². The van der Waals surface area contributed by atoms with Gasteiger partial charge in [0.25, 0.3) is 0 Å².